The largest absolute Gasteiger partial charge is 0.466 e. The van der Waals surface area contributed by atoms with Gasteiger partial charge in [-0.3, -0.25) is 4.79 Å². The van der Waals surface area contributed by atoms with Gasteiger partial charge < -0.3 is 19.3 Å². The first-order chi connectivity index (χ1) is 14.0. The van der Waals surface area contributed by atoms with E-state index >= 15 is 0 Å². The summed E-state index contributed by atoms with van der Waals surface area (Å²) < 4.78 is 10.8. The Morgan fingerprint density at radius 2 is 1.97 bits per heavy atom. The smallest absolute Gasteiger partial charge is 0.330 e. The number of piperidine rings is 1. The van der Waals surface area contributed by atoms with Crippen molar-refractivity contribution in [2.45, 2.75) is 37.9 Å². The Labute approximate surface area is 172 Å². The number of esters is 1. The van der Waals surface area contributed by atoms with E-state index in [1.807, 2.05) is 13.0 Å². The average molecular weight is 399 g/mol. The molecule has 6 heteroatoms. The first-order valence-corrected chi connectivity index (χ1v) is 10.2. The minimum absolute atomic E-state index is 0.0511. The maximum Gasteiger partial charge on any atom is 0.330 e. The van der Waals surface area contributed by atoms with Gasteiger partial charge in [0.25, 0.3) is 5.91 Å². The molecule has 2 aliphatic heterocycles. The second kappa shape index (κ2) is 9.85. The molecule has 0 radical (unpaired) electrons. The number of methoxy groups -OCH3 is 1. The van der Waals surface area contributed by atoms with Crippen molar-refractivity contribution in [1.29, 1.82) is 0 Å². The predicted molar refractivity (Wildman–Crippen MR) is 111 cm³/mol. The summed E-state index contributed by atoms with van der Waals surface area (Å²) in [5.41, 5.74) is 1.06. The number of hydrogen-bond donors (Lipinski definition) is 0. The highest BCUT2D eigenvalue weighted by molar-refractivity contribution is 5.83. The van der Waals surface area contributed by atoms with Crippen molar-refractivity contribution in [1.82, 2.24) is 9.80 Å². The lowest BCUT2D eigenvalue weighted by atomic mass is 9.88. The van der Waals surface area contributed by atoms with Gasteiger partial charge in [0.1, 0.15) is 6.10 Å². The molecule has 0 saturated carbocycles. The van der Waals surface area contributed by atoms with Crippen LogP contribution in [0.3, 0.4) is 0 Å². The average Bonchev–Trinajstić information content (AvgIpc) is 2.74. The quantitative estimate of drug-likeness (QED) is 0.419. The molecule has 6 nitrogen and oxygen atoms in total. The summed E-state index contributed by atoms with van der Waals surface area (Å²) >= 11 is 0. The van der Waals surface area contributed by atoms with Crippen molar-refractivity contribution in [3.05, 3.63) is 60.3 Å². The van der Waals surface area contributed by atoms with Gasteiger partial charge in [-0.25, -0.2) is 4.79 Å². The maximum absolute atomic E-state index is 12.5. The summed E-state index contributed by atoms with van der Waals surface area (Å²) in [7, 11) is 1.33. The fraction of sp³-hybridized carbons (Fsp3) is 0.478. The van der Waals surface area contributed by atoms with Gasteiger partial charge in [-0.15, -0.1) is 0 Å². The third kappa shape index (κ3) is 5.78. The molecule has 0 N–H and O–H groups in total. The van der Waals surface area contributed by atoms with Gasteiger partial charge in [-0.1, -0.05) is 36.4 Å². The molecule has 3 rings (SSSR count). The van der Waals surface area contributed by atoms with Crippen molar-refractivity contribution in [2.24, 2.45) is 0 Å². The van der Waals surface area contributed by atoms with Crippen molar-refractivity contribution >= 4 is 11.9 Å². The zero-order chi connectivity index (χ0) is 20.7. The molecule has 2 heterocycles. The van der Waals surface area contributed by atoms with E-state index in [1.54, 1.807) is 23.3 Å². The number of hydrogen-bond acceptors (Lipinski definition) is 5. The second-order valence-electron chi connectivity index (χ2n) is 7.71. The molecule has 1 aromatic carbocycles. The number of morpholine rings is 1. The number of benzene rings is 1. The Hall–Kier alpha value is -2.44. The lowest BCUT2D eigenvalue weighted by Gasteiger charge is -2.48. The van der Waals surface area contributed by atoms with Gasteiger partial charge in [0.05, 0.1) is 19.3 Å². The second-order valence-corrected chi connectivity index (χ2v) is 7.71. The topological polar surface area (TPSA) is 59.1 Å². The molecule has 2 fully saturated rings. The van der Waals surface area contributed by atoms with E-state index in [-0.39, 0.29) is 11.5 Å². The zero-order valence-corrected chi connectivity index (χ0v) is 17.3. The van der Waals surface area contributed by atoms with Crippen LogP contribution in [0.1, 0.15) is 25.3 Å². The summed E-state index contributed by atoms with van der Waals surface area (Å²) in [4.78, 5) is 27.8. The number of carbonyl (C=O) groups excluding carboxylic acids is 2. The molecule has 1 unspecified atom stereocenters. The van der Waals surface area contributed by atoms with Crippen molar-refractivity contribution in [3.8, 4) is 0 Å². The highest BCUT2D eigenvalue weighted by Gasteiger charge is 2.44. The van der Waals surface area contributed by atoms with E-state index in [0.717, 1.165) is 38.9 Å². The van der Waals surface area contributed by atoms with Gasteiger partial charge in [-0.05, 0) is 37.8 Å². The normalized spacial score (nSPS) is 22.6. The van der Waals surface area contributed by atoms with E-state index in [1.165, 1.54) is 18.7 Å². The van der Waals surface area contributed by atoms with E-state index in [9.17, 15) is 9.59 Å². The Morgan fingerprint density at radius 1 is 1.24 bits per heavy atom. The molecule has 29 heavy (non-hydrogen) atoms. The van der Waals surface area contributed by atoms with E-state index in [0.29, 0.717) is 6.54 Å². The number of rotatable bonds is 6. The monoisotopic (exact) mass is 398 g/mol. The number of ether oxygens (including phenoxy) is 2. The lowest BCUT2D eigenvalue weighted by Crippen LogP contribution is -2.60. The van der Waals surface area contributed by atoms with Gasteiger partial charge in [0.2, 0.25) is 0 Å². The summed E-state index contributed by atoms with van der Waals surface area (Å²) in [6.45, 7) is 5.33. The van der Waals surface area contributed by atoms with Crippen LogP contribution in [0, 0.1) is 0 Å². The van der Waals surface area contributed by atoms with Crippen LogP contribution in [0.25, 0.3) is 0 Å². The fourth-order valence-corrected chi connectivity index (χ4v) is 3.96. The molecule has 1 aromatic rings. The fourth-order valence-electron chi connectivity index (χ4n) is 3.96. The Kier molecular flexibility index (Phi) is 7.23. The summed E-state index contributed by atoms with van der Waals surface area (Å²) in [5.74, 6) is -0.472. The van der Waals surface area contributed by atoms with Gasteiger partial charge in [0, 0.05) is 31.9 Å². The van der Waals surface area contributed by atoms with Crippen LogP contribution >= 0.6 is 0 Å². The molecular formula is C23H30N2O4. The SMILES string of the molecule is COC(=O)/C=C\C=C\N1CC2(CCN(CCc3ccccc3)CC2)OC(C)C1=O. The lowest BCUT2D eigenvalue weighted by molar-refractivity contribution is -0.184. The first kappa shape index (κ1) is 21.3. The molecule has 0 aliphatic carbocycles. The molecule has 1 amide bonds. The molecule has 156 valence electrons. The van der Waals surface area contributed by atoms with Gasteiger partial charge in [0.15, 0.2) is 0 Å². The van der Waals surface area contributed by atoms with Gasteiger partial charge >= 0.3 is 5.97 Å². The Balaban J connectivity index is 1.54. The molecule has 2 saturated heterocycles. The van der Waals surface area contributed by atoms with Crippen molar-refractivity contribution in [2.75, 3.05) is 33.3 Å². The van der Waals surface area contributed by atoms with Crippen LogP contribution in [-0.4, -0.2) is 66.7 Å². The summed E-state index contributed by atoms with van der Waals surface area (Å²) in [5, 5.41) is 0. The van der Waals surface area contributed by atoms with E-state index in [4.69, 9.17) is 4.74 Å². The number of carbonyl (C=O) groups is 2. The highest BCUT2D eigenvalue weighted by Crippen LogP contribution is 2.33. The Bertz CT molecular complexity index is 751. The number of nitrogens with zero attached hydrogens (tertiary/aromatic N) is 2. The molecule has 1 spiro atoms. The van der Waals surface area contributed by atoms with Crippen LogP contribution in [-0.2, 0) is 25.5 Å². The third-order valence-electron chi connectivity index (χ3n) is 5.65. The van der Waals surface area contributed by atoms with Crippen molar-refractivity contribution in [3.63, 3.8) is 0 Å². The number of allylic oxidation sites excluding steroid dienone is 2. The molecule has 2 aliphatic rings. The van der Waals surface area contributed by atoms with Crippen LogP contribution in [0.2, 0.25) is 0 Å². The molecule has 0 bridgehead atoms. The Morgan fingerprint density at radius 3 is 2.66 bits per heavy atom. The maximum atomic E-state index is 12.5. The minimum Gasteiger partial charge on any atom is -0.466 e. The number of amides is 1. The van der Waals surface area contributed by atoms with Crippen LogP contribution in [0.15, 0.2) is 54.8 Å². The third-order valence-corrected chi connectivity index (χ3v) is 5.65. The summed E-state index contributed by atoms with van der Waals surface area (Å²) in [6, 6.07) is 10.5. The van der Waals surface area contributed by atoms with Crippen LogP contribution in [0.4, 0.5) is 0 Å². The summed E-state index contributed by atoms with van der Waals surface area (Å²) in [6.07, 6.45) is 8.71. The van der Waals surface area contributed by atoms with E-state index < -0.39 is 12.1 Å². The van der Waals surface area contributed by atoms with Crippen LogP contribution < -0.4 is 0 Å². The first-order valence-electron chi connectivity index (χ1n) is 10.2. The van der Waals surface area contributed by atoms with Crippen LogP contribution in [0.5, 0.6) is 0 Å². The highest BCUT2D eigenvalue weighted by atomic mass is 16.5. The number of likely N-dealkylation sites (tertiary alicyclic amines) is 1. The molecular weight excluding hydrogens is 368 g/mol. The minimum atomic E-state index is -0.464. The standard InChI is InChI=1S/C23H30N2O4/c1-19-22(27)25(14-7-6-10-21(26)28-2)18-23(29-19)12-16-24(17-13-23)15-11-20-8-4-3-5-9-20/h3-10,14,19H,11-13,15-18H2,1-2H3/b10-6-,14-7+. The molecule has 1 atom stereocenters. The predicted octanol–water partition coefficient (Wildman–Crippen LogP) is 2.55. The van der Waals surface area contributed by atoms with Crippen molar-refractivity contribution < 1.29 is 19.1 Å². The zero-order valence-electron chi connectivity index (χ0n) is 17.3. The van der Waals surface area contributed by atoms with Gasteiger partial charge in [-0.2, -0.15) is 0 Å². The van der Waals surface area contributed by atoms with E-state index in [2.05, 4.69) is 33.9 Å². The molecule has 0 aromatic heterocycles.